The van der Waals surface area contributed by atoms with Crippen LogP contribution in [0.15, 0.2) is 97.1 Å². The third-order valence-corrected chi connectivity index (χ3v) is 10.7. The van der Waals surface area contributed by atoms with E-state index in [0.29, 0.717) is 12.2 Å². The lowest BCUT2D eigenvalue weighted by Crippen LogP contribution is -2.35. The van der Waals surface area contributed by atoms with Crippen molar-refractivity contribution < 1.29 is 23.8 Å². The first kappa shape index (κ1) is 33.6. The monoisotopic (exact) mass is 668 g/mol. The fraction of sp³-hybridized carbons (Fsp3) is 0.311. The van der Waals surface area contributed by atoms with Gasteiger partial charge in [-0.15, -0.1) is 0 Å². The lowest BCUT2D eigenvalue weighted by Gasteiger charge is -2.40. The first-order valence-corrected chi connectivity index (χ1v) is 18.2. The summed E-state index contributed by atoms with van der Waals surface area (Å²) in [4.78, 5) is 12.3. The third kappa shape index (κ3) is 5.57. The number of hydrogen-bond acceptors (Lipinski definition) is 3. The molecule has 0 aromatic heterocycles. The van der Waals surface area contributed by atoms with Crippen molar-refractivity contribution in [3.63, 3.8) is 0 Å². The molecule has 0 saturated carbocycles. The maximum atomic E-state index is 14.4. The molecule has 4 nitrogen and oxygen atoms in total. The molecular weight excluding hydrogens is 623 g/mol. The number of carboxylic acid groups (broad SMARTS) is 1. The van der Waals surface area contributed by atoms with Gasteiger partial charge in [0.25, 0.3) is 0 Å². The molecule has 0 saturated heterocycles. The lowest BCUT2D eigenvalue weighted by atomic mass is 9.68. The minimum atomic E-state index is -1.03. The number of ether oxygens (including phenoxy) is 2. The smallest absolute Gasteiger partial charge is 0.335 e. The zero-order valence-corrected chi connectivity index (χ0v) is 29.2. The van der Waals surface area contributed by atoms with Gasteiger partial charge in [-0.25, -0.2) is 9.18 Å². The Kier molecular flexibility index (Phi) is 9.26. The van der Waals surface area contributed by atoms with Gasteiger partial charge in [0.15, 0.2) is 5.60 Å². The van der Waals surface area contributed by atoms with Gasteiger partial charge >= 0.3 is 5.97 Å². The number of fused-ring (bicyclic) bond motifs is 8. The Bertz CT molecular complexity index is 2050. The second kappa shape index (κ2) is 13.8. The highest BCUT2D eigenvalue weighted by atomic mass is 19.1. The van der Waals surface area contributed by atoms with E-state index in [9.17, 15) is 14.3 Å². The molecule has 1 N–H and O–H groups in total. The molecule has 5 aromatic carbocycles. The summed E-state index contributed by atoms with van der Waals surface area (Å²) in [7, 11) is 0. The average Bonchev–Trinajstić information content (AvgIpc) is 3.43. The van der Waals surface area contributed by atoms with E-state index < -0.39 is 11.6 Å². The van der Waals surface area contributed by atoms with Gasteiger partial charge in [0, 0.05) is 27.5 Å². The minimum absolute atomic E-state index is 0.294. The van der Waals surface area contributed by atoms with Crippen LogP contribution in [0.2, 0.25) is 0 Å². The Morgan fingerprint density at radius 3 is 2.08 bits per heavy atom. The number of aromatic carboxylic acids is 1. The number of benzene rings is 5. The Balaban J connectivity index is 1.50. The van der Waals surface area contributed by atoms with Crippen LogP contribution in [0, 0.1) is 5.82 Å². The number of carbonyl (C=O) groups is 1. The van der Waals surface area contributed by atoms with Gasteiger partial charge in [0.2, 0.25) is 0 Å². The Labute approximate surface area is 294 Å². The zero-order chi connectivity index (χ0) is 34.9. The van der Waals surface area contributed by atoms with Crippen LogP contribution in [-0.4, -0.2) is 17.7 Å². The van der Waals surface area contributed by atoms with E-state index in [1.165, 1.54) is 23.3 Å². The maximum absolute atomic E-state index is 14.4. The van der Waals surface area contributed by atoms with Gasteiger partial charge in [0.1, 0.15) is 17.3 Å². The molecule has 1 unspecified atom stereocenters. The average molecular weight is 669 g/mol. The molecule has 0 fully saturated rings. The van der Waals surface area contributed by atoms with E-state index in [2.05, 4.69) is 57.2 Å². The molecular formula is C45H45FO4. The summed E-state index contributed by atoms with van der Waals surface area (Å²) in [5.41, 5.74) is 6.29. The maximum Gasteiger partial charge on any atom is 0.335 e. The van der Waals surface area contributed by atoms with Crippen LogP contribution in [0.25, 0.3) is 28.0 Å². The molecule has 1 aliphatic heterocycles. The van der Waals surface area contributed by atoms with Crippen molar-refractivity contribution in [1.82, 2.24) is 0 Å². The number of unbranched alkanes of at least 4 members (excludes halogenated alkanes) is 3. The summed E-state index contributed by atoms with van der Waals surface area (Å²) in [6.45, 7) is 7.27. The van der Waals surface area contributed by atoms with Crippen molar-refractivity contribution >= 4 is 22.8 Å². The largest absolute Gasteiger partial charge is 0.494 e. The molecule has 0 radical (unpaired) electrons. The van der Waals surface area contributed by atoms with Crippen LogP contribution in [0.3, 0.4) is 0 Å². The summed E-state index contributed by atoms with van der Waals surface area (Å²) >= 11 is 0. The summed E-state index contributed by atoms with van der Waals surface area (Å²) in [6, 6.07) is 28.7. The molecule has 2 aliphatic rings. The highest BCUT2D eigenvalue weighted by Crippen LogP contribution is 2.61. The molecule has 1 heterocycles. The fourth-order valence-electron chi connectivity index (χ4n) is 8.21. The quantitative estimate of drug-likeness (QED) is 0.127. The van der Waals surface area contributed by atoms with Gasteiger partial charge in [-0.3, -0.25) is 0 Å². The predicted octanol–water partition coefficient (Wildman–Crippen LogP) is 11.9. The fourth-order valence-corrected chi connectivity index (χ4v) is 8.21. The Morgan fingerprint density at radius 1 is 0.800 bits per heavy atom. The summed E-state index contributed by atoms with van der Waals surface area (Å²) in [5.74, 6) is 0.362. The molecule has 1 atom stereocenters. The van der Waals surface area contributed by atoms with Crippen molar-refractivity contribution in [3.8, 4) is 22.6 Å². The molecule has 0 bridgehead atoms. The first-order valence-electron chi connectivity index (χ1n) is 18.2. The minimum Gasteiger partial charge on any atom is -0.494 e. The van der Waals surface area contributed by atoms with Crippen LogP contribution in [0.1, 0.15) is 110 Å². The van der Waals surface area contributed by atoms with Crippen molar-refractivity contribution in [2.75, 3.05) is 6.61 Å². The van der Waals surface area contributed by atoms with Crippen molar-refractivity contribution in [3.05, 3.63) is 136 Å². The zero-order valence-electron chi connectivity index (χ0n) is 29.2. The van der Waals surface area contributed by atoms with Crippen LogP contribution in [-0.2, 0) is 11.0 Å². The molecule has 50 heavy (non-hydrogen) atoms. The number of rotatable bonds is 13. The van der Waals surface area contributed by atoms with Gasteiger partial charge in [0.05, 0.1) is 12.2 Å². The van der Waals surface area contributed by atoms with Crippen molar-refractivity contribution in [1.29, 1.82) is 0 Å². The first-order chi connectivity index (χ1) is 24.4. The number of halogens is 1. The van der Waals surface area contributed by atoms with E-state index in [1.807, 2.05) is 48.5 Å². The van der Waals surface area contributed by atoms with Crippen molar-refractivity contribution in [2.24, 2.45) is 0 Å². The van der Waals surface area contributed by atoms with E-state index in [1.54, 1.807) is 6.07 Å². The van der Waals surface area contributed by atoms with Crippen LogP contribution < -0.4 is 9.47 Å². The number of carboxylic acids is 1. The summed E-state index contributed by atoms with van der Waals surface area (Å²) < 4.78 is 27.8. The molecule has 5 heteroatoms. The summed E-state index contributed by atoms with van der Waals surface area (Å²) in [5, 5.41) is 12.1. The van der Waals surface area contributed by atoms with Gasteiger partial charge < -0.3 is 14.6 Å². The van der Waals surface area contributed by atoms with Crippen molar-refractivity contribution in [2.45, 2.75) is 83.2 Å². The van der Waals surface area contributed by atoms with E-state index >= 15 is 0 Å². The lowest BCUT2D eigenvalue weighted by molar-refractivity contribution is 0.0697. The van der Waals surface area contributed by atoms with Crippen LogP contribution in [0.5, 0.6) is 11.5 Å². The highest BCUT2D eigenvalue weighted by Gasteiger charge is 2.48. The van der Waals surface area contributed by atoms with Gasteiger partial charge in [-0.1, -0.05) is 114 Å². The van der Waals surface area contributed by atoms with Gasteiger partial charge in [-0.05, 0) is 89.4 Å². The van der Waals surface area contributed by atoms with E-state index in [0.717, 1.165) is 101 Å². The molecule has 5 aromatic rings. The standard InChI is InChI=1S/C45H45FO4/c1-4-7-25-44(26-8-5-2)39-23-14-30(43(47)48)29-38(39)40-35-12-10-11-13-36(35)42-37(41(40)44)24-27-45(50-42,31-15-19-33(46)20-16-31)32-17-21-34(22-18-32)49-28-9-6-3/h10-24,27,29H,4-9,25-26,28H2,1-3H3,(H,47,48). The Morgan fingerprint density at radius 2 is 1.44 bits per heavy atom. The molecule has 1 aliphatic carbocycles. The third-order valence-electron chi connectivity index (χ3n) is 10.7. The normalized spacial score (nSPS) is 16.8. The highest BCUT2D eigenvalue weighted by molar-refractivity contribution is 6.09. The molecule has 7 rings (SSSR count). The second-order valence-corrected chi connectivity index (χ2v) is 13.8. The van der Waals surface area contributed by atoms with Crippen LogP contribution in [0.4, 0.5) is 4.39 Å². The SMILES string of the molecule is CCCCOc1ccc(C2(c3ccc(F)cc3)C=Cc3c4c(c5ccccc5c3O2)-c2cc(C(=O)O)ccc2C4(CCCC)CCCC)cc1. The molecule has 256 valence electrons. The predicted molar refractivity (Wildman–Crippen MR) is 200 cm³/mol. The summed E-state index contributed by atoms with van der Waals surface area (Å²) in [6.07, 6.45) is 12.5. The Hall–Kier alpha value is -4.90. The molecule has 0 amide bonds. The number of hydrogen-bond donors (Lipinski definition) is 1. The topological polar surface area (TPSA) is 55.8 Å². The van der Waals surface area contributed by atoms with Crippen LogP contribution >= 0.6 is 0 Å². The van der Waals surface area contributed by atoms with Gasteiger partial charge in [-0.2, -0.15) is 0 Å². The van der Waals surface area contributed by atoms with E-state index in [-0.39, 0.29) is 11.2 Å². The second-order valence-electron chi connectivity index (χ2n) is 13.8. The van der Waals surface area contributed by atoms with E-state index in [4.69, 9.17) is 9.47 Å². The molecule has 0 spiro atoms.